The number of rotatable bonds is 10. The van der Waals surface area contributed by atoms with Gasteiger partial charge in [-0.3, -0.25) is 0 Å². The highest BCUT2D eigenvalue weighted by atomic mass is 19.3. The summed E-state index contributed by atoms with van der Waals surface area (Å²) in [5, 5.41) is 3.49. The van der Waals surface area contributed by atoms with Crippen LogP contribution in [0, 0.1) is 5.92 Å². The van der Waals surface area contributed by atoms with E-state index in [0.29, 0.717) is 24.3 Å². The van der Waals surface area contributed by atoms with Crippen LogP contribution in [0.25, 0.3) is 0 Å². The number of hydrogen-bond acceptors (Lipinski definition) is 4. The molecule has 0 aliphatic rings. The Morgan fingerprint density at radius 1 is 1.17 bits per heavy atom. The highest BCUT2D eigenvalue weighted by Gasteiger charge is 2.14. The van der Waals surface area contributed by atoms with E-state index in [0.717, 1.165) is 18.5 Å². The number of hydrogen-bond donors (Lipinski definition) is 1. The molecular formula is C17H28F2N2O2. The second-order valence-corrected chi connectivity index (χ2v) is 6.33. The molecule has 0 aromatic heterocycles. The zero-order valence-electron chi connectivity index (χ0n) is 14.6. The second kappa shape index (κ2) is 9.67. The van der Waals surface area contributed by atoms with Crippen molar-refractivity contribution in [3.05, 3.63) is 23.8 Å². The summed E-state index contributed by atoms with van der Waals surface area (Å²) >= 11 is 0. The average Bonchev–Trinajstić information content (AvgIpc) is 2.43. The van der Waals surface area contributed by atoms with Gasteiger partial charge in [0.1, 0.15) is 0 Å². The molecule has 4 nitrogen and oxygen atoms in total. The van der Waals surface area contributed by atoms with Gasteiger partial charge in [-0.25, -0.2) is 0 Å². The molecule has 1 unspecified atom stereocenters. The smallest absolute Gasteiger partial charge is 0.387 e. The number of halogens is 2. The minimum absolute atomic E-state index is 0.0646. The Bertz CT molecular complexity index is 458. The Morgan fingerprint density at radius 2 is 1.87 bits per heavy atom. The SMILES string of the molecule is COc1ccc(CNC(CC(C)C)CN(C)C)cc1OC(F)F. The topological polar surface area (TPSA) is 33.7 Å². The molecule has 1 N–H and O–H groups in total. The fourth-order valence-electron chi connectivity index (χ4n) is 2.51. The molecule has 0 aliphatic heterocycles. The second-order valence-electron chi connectivity index (χ2n) is 6.33. The molecule has 0 bridgehead atoms. The Labute approximate surface area is 137 Å². The molecule has 0 spiro atoms. The van der Waals surface area contributed by atoms with Gasteiger partial charge in [0, 0.05) is 19.1 Å². The zero-order valence-corrected chi connectivity index (χ0v) is 14.6. The molecular weight excluding hydrogens is 302 g/mol. The maximum Gasteiger partial charge on any atom is 0.387 e. The van der Waals surface area contributed by atoms with Gasteiger partial charge in [-0.05, 0) is 44.1 Å². The van der Waals surface area contributed by atoms with Crippen molar-refractivity contribution < 1.29 is 18.3 Å². The van der Waals surface area contributed by atoms with E-state index in [1.54, 1.807) is 12.1 Å². The molecule has 0 fully saturated rings. The van der Waals surface area contributed by atoms with E-state index in [4.69, 9.17) is 4.74 Å². The predicted octanol–water partition coefficient (Wildman–Crippen LogP) is 3.36. The summed E-state index contributed by atoms with van der Waals surface area (Å²) in [6.45, 7) is 3.02. The lowest BCUT2D eigenvalue weighted by molar-refractivity contribution is -0.0512. The van der Waals surface area contributed by atoms with E-state index in [1.807, 2.05) is 20.2 Å². The summed E-state index contributed by atoms with van der Waals surface area (Å²) in [4.78, 5) is 2.14. The molecule has 1 aromatic carbocycles. The summed E-state index contributed by atoms with van der Waals surface area (Å²) in [6, 6.07) is 5.44. The van der Waals surface area contributed by atoms with Crippen molar-refractivity contribution in [1.29, 1.82) is 0 Å². The van der Waals surface area contributed by atoms with Crippen LogP contribution in [-0.4, -0.2) is 45.3 Å². The van der Waals surface area contributed by atoms with Crippen LogP contribution in [0.1, 0.15) is 25.8 Å². The lowest BCUT2D eigenvalue weighted by Gasteiger charge is -2.24. The van der Waals surface area contributed by atoms with E-state index in [9.17, 15) is 8.78 Å². The molecule has 6 heteroatoms. The number of methoxy groups -OCH3 is 1. The monoisotopic (exact) mass is 330 g/mol. The molecule has 0 aliphatic carbocycles. The Kier molecular flexibility index (Phi) is 8.26. The van der Waals surface area contributed by atoms with E-state index in [-0.39, 0.29) is 5.75 Å². The molecule has 0 heterocycles. The van der Waals surface area contributed by atoms with E-state index < -0.39 is 6.61 Å². The first-order valence-corrected chi connectivity index (χ1v) is 7.81. The van der Waals surface area contributed by atoms with Crippen molar-refractivity contribution in [2.75, 3.05) is 27.7 Å². The van der Waals surface area contributed by atoms with Crippen LogP contribution >= 0.6 is 0 Å². The van der Waals surface area contributed by atoms with Crippen LogP contribution in [0.5, 0.6) is 11.5 Å². The summed E-state index contributed by atoms with van der Waals surface area (Å²) in [6.07, 6.45) is 1.05. The third-order valence-corrected chi connectivity index (χ3v) is 3.38. The quantitative estimate of drug-likeness (QED) is 0.713. The molecule has 1 atom stereocenters. The van der Waals surface area contributed by atoms with Gasteiger partial charge in [0.2, 0.25) is 0 Å². The van der Waals surface area contributed by atoms with Crippen LogP contribution in [0.2, 0.25) is 0 Å². The minimum Gasteiger partial charge on any atom is -0.493 e. The van der Waals surface area contributed by atoms with Gasteiger partial charge in [-0.2, -0.15) is 8.78 Å². The number of nitrogens with zero attached hydrogens (tertiary/aromatic N) is 1. The Morgan fingerprint density at radius 3 is 2.39 bits per heavy atom. The summed E-state index contributed by atoms with van der Waals surface area (Å²) in [7, 11) is 5.51. The molecule has 132 valence electrons. The van der Waals surface area contributed by atoms with Crippen LogP contribution in [0.15, 0.2) is 18.2 Å². The van der Waals surface area contributed by atoms with Crippen molar-refractivity contribution in [1.82, 2.24) is 10.2 Å². The maximum atomic E-state index is 12.5. The minimum atomic E-state index is -2.87. The molecule has 0 radical (unpaired) electrons. The van der Waals surface area contributed by atoms with Crippen molar-refractivity contribution in [3.63, 3.8) is 0 Å². The molecule has 1 rings (SSSR count). The Hall–Kier alpha value is -1.40. The average molecular weight is 330 g/mol. The molecule has 0 amide bonds. The first-order chi connectivity index (χ1) is 10.8. The fourth-order valence-corrected chi connectivity index (χ4v) is 2.51. The van der Waals surface area contributed by atoms with Crippen LogP contribution in [0.4, 0.5) is 8.78 Å². The van der Waals surface area contributed by atoms with Gasteiger partial charge in [0.05, 0.1) is 7.11 Å². The highest BCUT2D eigenvalue weighted by molar-refractivity contribution is 5.43. The van der Waals surface area contributed by atoms with Gasteiger partial charge in [0.25, 0.3) is 0 Å². The first kappa shape index (κ1) is 19.6. The van der Waals surface area contributed by atoms with Gasteiger partial charge in [0.15, 0.2) is 11.5 Å². The van der Waals surface area contributed by atoms with Crippen molar-refractivity contribution in [3.8, 4) is 11.5 Å². The summed E-state index contributed by atoms with van der Waals surface area (Å²) in [5.74, 6) is 0.955. The first-order valence-electron chi connectivity index (χ1n) is 7.81. The molecule has 0 saturated heterocycles. The van der Waals surface area contributed by atoms with Crippen LogP contribution in [0.3, 0.4) is 0 Å². The van der Waals surface area contributed by atoms with Crippen molar-refractivity contribution >= 4 is 0 Å². The fraction of sp³-hybridized carbons (Fsp3) is 0.647. The number of ether oxygens (including phenoxy) is 2. The lowest BCUT2D eigenvalue weighted by Crippen LogP contribution is -2.38. The third-order valence-electron chi connectivity index (χ3n) is 3.38. The number of alkyl halides is 2. The third kappa shape index (κ3) is 7.61. The van der Waals surface area contributed by atoms with E-state index in [1.165, 1.54) is 7.11 Å². The van der Waals surface area contributed by atoms with Gasteiger partial charge in [-0.1, -0.05) is 19.9 Å². The summed E-state index contributed by atoms with van der Waals surface area (Å²) < 4.78 is 34.5. The van der Waals surface area contributed by atoms with Crippen LogP contribution in [-0.2, 0) is 6.54 Å². The molecule has 0 saturated carbocycles. The standard InChI is InChI=1S/C17H28F2N2O2/c1-12(2)8-14(11-21(3)4)20-10-13-6-7-15(22-5)16(9-13)23-17(18)19/h6-7,9,12,14,17,20H,8,10-11H2,1-5H3. The highest BCUT2D eigenvalue weighted by Crippen LogP contribution is 2.29. The zero-order chi connectivity index (χ0) is 17.4. The number of likely N-dealkylation sites (N-methyl/N-ethyl adjacent to an activating group) is 1. The van der Waals surface area contributed by atoms with Gasteiger partial charge >= 0.3 is 6.61 Å². The number of benzene rings is 1. The Balaban J connectivity index is 2.74. The molecule has 1 aromatic rings. The van der Waals surface area contributed by atoms with Crippen LogP contribution < -0.4 is 14.8 Å². The van der Waals surface area contributed by atoms with Crippen molar-refractivity contribution in [2.45, 2.75) is 39.5 Å². The lowest BCUT2D eigenvalue weighted by atomic mass is 10.0. The van der Waals surface area contributed by atoms with E-state index >= 15 is 0 Å². The van der Waals surface area contributed by atoms with Gasteiger partial charge < -0.3 is 19.7 Å². The predicted molar refractivity (Wildman–Crippen MR) is 88.3 cm³/mol. The normalized spacial score (nSPS) is 13.0. The van der Waals surface area contributed by atoms with Crippen molar-refractivity contribution in [2.24, 2.45) is 5.92 Å². The summed E-state index contributed by atoms with van der Waals surface area (Å²) in [5.41, 5.74) is 0.883. The van der Waals surface area contributed by atoms with Gasteiger partial charge in [-0.15, -0.1) is 0 Å². The largest absolute Gasteiger partial charge is 0.493 e. The maximum absolute atomic E-state index is 12.5. The van der Waals surface area contributed by atoms with E-state index in [2.05, 4.69) is 28.8 Å². The molecule has 23 heavy (non-hydrogen) atoms. The number of nitrogens with one attached hydrogen (secondary N) is 1.